The van der Waals surface area contributed by atoms with Crippen LogP contribution in [-0.2, 0) is 4.79 Å². The van der Waals surface area contributed by atoms with Crippen molar-refractivity contribution in [3.8, 4) is 17.6 Å². The van der Waals surface area contributed by atoms with Crippen LogP contribution in [0, 0.1) is 11.3 Å². The summed E-state index contributed by atoms with van der Waals surface area (Å²) in [6, 6.07) is 16.2. The largest absolute Gasteiger partial charge is 0.497 e. The third kappa shape index (κ3) is 5.11. The van der Waals surface area contributed by atoms with Gasteiger partial charge in [0.25, 0.3) is 5.91 Å². The summed E-state index contributed by atoms with van der Waals surface area (Å²) >= 11 is 0. The maximum Gasteiger partial charge on any atom is 0.266 e. The van der Waals surface area contributed by atoms with E-state index < -0.39 is 5.91 Å². The lowest BCUT2D eigenvalue weighted by Gasteiger charge is -2.12. The first-order chi connectivity index (χ1) is 12.0. The van der Waals surface area contributed by atoms with Gasteiger partial charge in [-0.3, -0.25) is 4.79 Å². The van der Waals surface area contributed by atoms with E-state index in [1.807, 2.05) is 32.0 Å². The van der Waals surface area contributed by atoms with Crippen LogP contribution in [0.4, 0.5) is 5.69 Å². The van der Waals surface area contributed by atoms with Gasteiger partial charge in [0.15, 0.2) is 0 Å². The van der Waals surface area contributed by atoms with Gasteiger partial charge in [0.05, 0.1) is 13.2 Å². The fourth-order valence-electron chi connectivity index (χ4n) is 2.16. The molecule has 0 aliphatic carbocycles. The molecule has 0 spiro atoms. The molecule has 1 amide bonds. The number of carbonyl (C=O) groups is 1. The number of benzene rings is 2. The van der Waals surface area contributed by atoms with Gasteiger partial charge < -0.3 is 14.8 Å². The number of hydrogen-bond donors (Lipinski definition) is 1. The summed E-state index contributed by atoms with van der Waals surface area (Å²) in [6.45, 7) is 3.84. The molecule has 128 valence electrons. The van der Waals surface area contributed by atoms with Gasteiger partial charge in [0.2, 0.25) is 0 Å². The molecule has 1 N–H and O–H groups in total. The van der Waals surface area contributed by atoms with E-state index in [4.69, 9.17) is 9.47 Å². The van der Waals surface area contributed by atoms with E-state index in [1.165, 1.54) is 6.08 Å². The Hall–Kier alpha value is -3.26. The molecule has 0 radical (unpaired) electrons. The van der Waals surface area contributed by atoms with Crippen molar-refractivity contribution in [1.29, 1.82) is 5.26 Å². The molecule has 2 aromatic rings. The van der Waals surface area contributed by atoms with Crippen LogP contribution in [0.1, 0.15) is 19.4 Å². The maximum atomic E-state index is 12.4. The molecule has 0 bridgehead atoms. The highest BCUT2D eigenvalue weighted by Crippen LogP contribution is 2.23. The number of hydrogen-bond acceptors (Lipinski definition) is 4. The summed E-state index contributed by atoms with van der Waals surface area (Å²) in [4.78, 5) is 12.4. The minimum absolute atomic E-state index is 0.00861. The summed E-state index contributed by atoms with van der Waals surface area (Å²) in [7, 11) is 1.55. The second kappa shape index (κ2) is 8.55. The third-order valence-electron chi connectivity index (χ3n) is 3.27. The number of anilines is 1. The molecule has 5 heteroatoms. The lowest BCUT2D eigenvalue weighted by molar-refractivity contribution is -0.112. The normalized spacial score (nSPS) is 10.9. The molecule has 0 fully saturated rings. The standard InChI is InChI=1S/C20H20N2O3/c1-14(2)25-19-10-5-4-7-15(19)11-16(13-21)20(23)22-17-8-6-9-18(12-17)24-3/h4-12,14H,1-3H3,(H,22,23). The van der Waals surface area contributed by atoms with Crippen molar-refractivity contribution >= 4 is 17.7 Å². The number of methoxy groups -OCH3 is 1. The number of ether oxygens (including phenoxy) is 2. The van der Waals surface area contributed by atoms with E-state index in [0.29, 0.717) is 22.7 Å². The topological polar surface area (TPSA) is 71.3 Å². The van der Waals surface area contributed by atoms with E-state index in [9.17, 15) is 10.1 Å². The van der Waals surface area contributed by atoms with Crippen molar-refractivity contribution in [2.24, 2.45) is 0 Å². The van der Waals surface area contributed by atoms with Crippen LogP contribution in [-0.4, -0.2) is 19.1 Å². The Morgan fingerprint density at radius 1 is 1.20 bits per heavy atom. The predicted molar refractivity (Wildman–Crippen MR) is 97.4 cm³/mol. The molecule has 0 heterocycles. The van der Waals surface area contributed by atoms with Gasteiger partial charge in [0.1, 0.15) is 23.1 Å². The summed E-state index contributed by atoms with van der Waals surface area (Å²) in [5.74, 6) is 0.755. The van der Waals surface area contributed by atoms with E-state index in [0.717, 1.165) is 0 Å². The Balaban J connectivity index is 2.25. The summed E-state index contributed by atoms with van der Waals surface area (Å²) in [5, 5.41) is 12.1. The Kier molecular flexibility index (Phi) is 6.19. The molecule has 0 saturated heterocycles. The highest BCUT2D eigenvalue weighted by atomic mass is 16.5. The van der Waals surface area contributed by atoms with Crippen LogP contribution in [0.3, 0.4) is 0 Å². The fraction of sp³-hybridized carbons (Fsp3) is 0.200. The SMILES string of the molecule is COc1cccc(NC(=O)C(C#N)=Cc2ccccc2OC(C)C)c1. The first-order valence-electron chi connectivity index (χ1n) is 7.86. The second-order valence-electron chi connectivity index (χ2n) is 5.56. The average molecular weight is 336 g/mol. The second-order valence-corrected chi connectivity index (χ2v) is 5.56. The molecule has 25 heavy (non-hydrogen) atoms. The van der Waals surface area contributed by atoms with Gasteiger partial charge in [-0.2, -0.15) is 5.26 Å². The zero-order chi connectivity index (χ0) is 18.2. The van der Waals surface area contributed by atoms with Crippen molar-refractivity contribution in [2.75, 3.05) is 12.4 Å². The van der Waals surface area contributed by atoms with E-state index in [2.05, 4.69) is 5.32 Å². The van der Waals surface area contributed by atoms with Crippen molar-refractivity contribution in [3.63, 3.8) is 0 Å². The zero-order valence-electron chi connectivity index (χ0n) is 14.4. The highest BCUT2D eigenvalue weighted by Gasteiger charge is 2.12. The molecule has 0 atom stereocenters. The van der Waals surface area contributed by atoms with Crippen molar-refractivity contribution in [3.05, 3.63) is 59.7 Å². The van der Waals surface area contributed by atoms with Crippen LogP contribution < -0.4 is 14.8 Å². The zero-order valence-corrected chi connectivity index (χ0v) is 14.4. The summed E-state index contributed by atoms with van der Waals surface area (Å²) in [5.41, 5.74) is 1.22. The molecule has 0 aromatic heterocycles. The number of nitrogens with one attached hydrogen (secondary N) is 1. The van der Waals surface area contributed by atoms with Crippen molar-refractivity contribution < 1.29 is 14.3 Å². The third-order valence-corrected chi connectivity index (χ3v) is 3.27. The van der Waals surface area contributed by atoms with Crippen LogP contribution in [0.5, 0.6) is 11.5 Å². The molecule has 0 aliphatic heterocycles. The predicted octanol–water partition coefficient (Wildman–Crippen LogP) is 4.03. The number of nitrogens with zero attached hydrogens (tertiary/aromatic N) is 1. The van der Waals surface area contributed by atoms with Gasteiger partial charge >= 0.3 is 0 Å². The quantitative estimate of drug-likeness (QED) is 0.638. The van der Waals surface area contributed by atoms with Gasteiger partial charge in [-0.1, -0.05) is 24.3 Å². The van der Waals surface area contributed by atoms with Gasteiger partial charge in [-0.15, -0.1) is 0 Å². The van der Waals surface area contributed by atoms with Crippen molar-refractivity contribution in [1.82, 2.24) is 0 Å². The Bertz CT molecular complexity index is 820. The Labute approximate surface area is 147 Å². The number of carbonyl (C=O) groups excluding carboxylic acids is 1. The molecule has 0 aliphatic rings. The monoisotopic (exact) mass is 336 g/mol. The minimum Gasteiger partial charge on any atom is -0.497 e. The average Bonchev–Trinajstić information content (AvgIpc) is 2.60. The lowest BCUT2D eigenvalue weighted by atomic mass is 10.1. The molecule has 0 saturated carbocycles. The smallest absolute Gasteiger partial charge is 0.266 e. The molecule has 2 aromatic carbocycles. The molecular formula is C20H20N2O3. The van der Waals surface area contributed by atoms with E-state index in [1.54, 1.807) is 43.5 Å². The number of nitriles is 1. The van der Waals surface area contributed by atoms with Gasteiger partial charge in [-0.25, -0.2) is 0 Å². The van der Waals surface area contributed by atoms with E-state index >= 15 is 0 Å². The van der Waals surface area contributed by atoms with Gasteiger partial charge in [0, 0.05) is 17.3 Å². The lowest BCUT2D eigenvalue weighted by Crippen LogP contribution is -2.13. The number of para-hydroxylation sites is 1. The van der Waals surface area contributed by atoms with Gasteiger partial charge in [-0.05, 0) is 38.1 Å². The van der Waals surface area contributed by atoms with Crippen molar-refractivity contribution in [2.45, 2.75) is 20.0 Å². The molecular weight excluding hydrogens is 316 g/mol. The molecule has 5 nitrogen and oxygen atoms in total. The number of amides is 1. The fourth-order valence-corrected chi connectivity index (χ4v) is 2.16. The summed E-state index contributed by atoms with van der Waals surface area (Å²) in [6.07, 6.45) is 1.51. The number of rotatable bonds is 6. The highest BCUT2D eigenvalue weighted by molar-refractivity contribution is 6.09. The maximum absolute atomic E-state index is 12.4. The molecule has 2 rings (SSSR count). The summed E-state index contributed by atoms with van der Waals surface area (Å²) < 4.78 is 10.8. The van der Waals surface area contributed by atoms with E-state index in [-0.39, 0.29) is 11.7 Å². The first-order valence-corrected chi connectivity index (χ1v) is 7.86. The minimum atomic E-state index is -0.491. The van der Waals surface area contributed by atoms with Crippen LogP contribution in [0.15, 0.2) is 54.1 Å². The van der Waals surface area contributed by atoms with Crippen LogP contribution in [0.25, 0.3) is 6.08 Å². The van der Waals surface area contributed by atoms with Crippen LogP contribution in [0.2, 0.25) is 0 Å². The Morgan fingerprint density at radius 2 is 1.96 bits per heavy atom. The molecule has 0 unspecified atom stereocenters. The van der Waals surface area contributed by atoms with Crippen LogP contribution >= 0.6 is 0 Å². The Morgan fingerprint density at radius 3 is 2.64 bits per heavy atom. The first kappa shape index (κ1) is 18.1.